The third kappa shape index (κ3) is 2.67. The third-order valence-corrected chi connectivity index (χ3v) is 3.85. The maximum atomic E-state index is 11.9. The summed E-state index contributed by atoms with van der Waals surface area (Å²) >= 11 is 1.83. The molecule has 0 amide bonds. The smallest absolute Gasteiger partial charge is 0.163 e. The van der Waals surface area contributed by atoms with Gasteiger partial charge >= 0.3 is 0 Å². The van der Waals surface area contributed by atoms with Crippen molar-refractivity contribution in [2.45, 2.75) is 49.7 Å². The summed E-state index contributed by atoms with van der Waals surface area (Å²) in [6.45, 7) is 4.36. The highest BCUT2D eigenvalue weighted by Gasteiger charge is 2.15. The fraction of sp³-hybridized carbons (Fsp3) is 0.500. The van der Waals surface area contributed by atoms with Gasteiger partial charge in [-0.1, -0.05) is 19.9 Å². The highest BCUT2D eigenvalue weighted by Crippen LogP contribution is 2.28. The Bertz CT molecular complexity index is 396. The van der Waals surface area contributed by atoms with Crippen molar-refractivity contribution in [2.75, 3.05) is 0 Å². The highest BCUT2D eigenvalue weighted by atomic mass is 32.2. The molecule has 0 aromatic heterocycles. The van der Waals surface area contributed by atoms with E-state index in [0.717, 1.165) is 31.2 Å². The van der Waals surface area contributed by atoms with Crippen LogP contribution >= 0.6 is 11.8 Å². The first-order chi connectivity index (χ1) is 7.66. The zero-order chi connectivity index (χ0) is 11.5. The summed E-state index contributed by atoms with van der Waals surface area (Å²) in [6.07, 6.45) is 3.98. The molecule has 1 nitrogen and oxygen atoms in total. The predicted octanol–water partition coefficient (Wildman–Crippen LogP) is 4.10. The van der Waals surface area contributed by atoms with Crippen molar-refractivity contribution in [1.82, 2.24) is 0 Å². The molecule has 0 heterocycles. The summed E-state index contributed by atoms with van der Waals surface area (Å²) in [5.74, 6) is 0.332. The van der Waals surface area contributed by atoms with Crippen molar-refractivity contribution in [3.63, 3.8) is 0 Å². The van der Waals surface area contributed by atoms with E-state index >= 15 is 0 Å². The second-order valence-corrected chi connectivity index (χ2v) is 6.27. The number of ketones is 1. The number of rotatable bonds is 2. The van der Waals surface area contributed by atoms with Gasteiger partial charge in [0.2, 0.25) is 0 Å². The summed E-state index contributed by atoms with van der Waals surface area (Å²) in [7, 11) is 0. The second kappa shape index (κ2) is 5.05. The van der Waals surface area contributed by atoms with Gasteiger partial charge in [0, 0.05) is 22.1 Å². The average Bonchev–Trinajstić information content (AvgIpc) is 2.41. The molecule has 2 heteroatoms. The Kier molecular flexibility index (Phi) is 3.70. The van der Waals surface area contributed by atoms with Crippen LogP contribution in [-0.4, -0.2) is 11.0 Å². The minimum Gasteiger partial charge on any atom is -0.294 e. The van der Waals surface area contributed by atoms with Crippen LogP contribution in [0.1, 0.15) is 49.0 Å². The molecule has 86 valence electrons. The van der Waals surface area contributed by atoms with Crippen LogP contribution in [0.5, 0.6) is 0 Å². The fourth-order valence-electron chi connectivity index (χ4n) is 2.11. The zero-order valence-electron chi connectivity index (χ0n) is 9.95. The molecule has 0 unspecified atom stereocenters. The van der Waals surface area contributed by atoms with Crippen LogP contribution in [0.3, 0.4) is 0 Å². The molecule has 1 aliphatic carbocycles. The van der Waals surface area contributed by atoms with Crippen LogP contribution in [0.25, 0.3) is 0 Å². The minimum atomic E-state index is 0.332. The Morgan fingerprint density at radius 3 is 2.69 bits per heavy atom. The van der Waals surface area contributed by atoms with E-state index in [4.69, 9.17) is 0 Å². The van der Waals surface area contributed by atoms with Crippen molar-refractivity contribution >= 4 is 17.5 Å². The number of Topliss-reactive ketones (excluding diaryl/α,β-unsaturated/α-hetero) is 1. The summed E-state index contributed by atoms with van der Waals surface area (Å²) in [5.41, 5.74) is 2.22. The third-order valence-electron chi connectivity index (χ3n) is 2.85. The first-order valence-corrected chi connectivity index (χ1v) is 6.87. The van der Waals surface area contributed by atoms with Crippen molar-refractivity contribution in [2.24, 2.45) is 0 Å². The molecular weight excluding hydrogens is 216 g/mol. The van der Waals surface area contributed by atoms with Gasteiger partial charge in [0.15, 0.2) is 5.78 Å². The summed E-state index contributed by atoms with van der Waals surface area (Å²) in [6, 6.07) is 6.39. The average molecular weight is 234 g/mol. The maximum absolute atomic E-state index is 11.9. The molecule has 16 heavy (non-hydrogen) atoms. The Labute approximate surface area is 102 Å². The van der Waals surface area contributed by atoms with E-state index < -0.39 is 0 Å². The number of carbonyl (C=O) groups excluding carboxylic acids is 1. The lowest BCUT2D eigenvalue weighted by atomic mass is 10.0. The van der Waals surface area contributed by atoms with Gasteiger partial charge in [0.05, 0.1) is 0 Å². The van der Waals surface area contributed by atoms with Gasteiger partial charge < -0.3 is 0 Å². The molecule has 0 N–H and O–H groups in total. The number of hydrogen-bond donors (Lipinski definition) is 0. The molecule has 0 atom stereocenters. The van der Waals surface area contributed by atoms with Gasteiger partial charge in [-0.25, -0.2) is 0 Å². The van der Waals surface area contributed by atoms with E-state index in [0.29, 0.717) is 11.0 Å². The summed E-state index contributed by atoms with van der Waals surface area (Å²) < 4.78 is 0. The fourth-order valence-corrected chi connectivity index (χ4v) is 2.99. The summed E-state index contributed by atoms with van der Waals surface area (Å²) in [4.78, 5) is 13.2. The molecule has 0 aliphatic heterocycles. The van der Waals surface area contributed by atoms with E-state index in [1.54, 1.807) is 0 Å². The van der Waals surface area contributed by atoms with Gasteiger partial charge in [-0.3, -0.25) is 4.79 Å². The van der Waals surface area contributed by atoms with Crippen LogP contribution in [0, 0.1) is 0 Å². The van der Waals surface area contributed by atoms with E-state index in [-0.39, 0.29) is 0 Å². The van der Waals surface area contributed by atoms with Crippen molar-refractivity contribution in [3.8, 4) is 0 Å². The molecule has 1 aromatic rings. The number of fused-ring (bicyclic) bond motifs is 1. The Morgan fingerprint density at radius 1 is 1.19 bits per heavy atom. The van der Waals surface area contributed by atoms with Gasteiger partial charge in [-0.15, -0.1) is 11.8 Å². The first-order valence-electron chi connectivity index (χ1n) is 5.99. The van der Waals surface area contributed by atoms with Crippen molar-refractivity contribution in [3.05, 3.63) is 29.3 Å². The number of carbonyl (C=O) groups is 1. The molecule has 0 saturated heterocycles. The monoisotopic (exact) mass is 234 g/mol. The van der Waals surface area contributed by atoms with Gasteiger partial charge in [0.25, 0.3) is 0 Å². The van der Waals surface area contributed by atoms with E-state index in [2.05, 4.69) is 32.0 Å². The lowest BCUT2D eigenvalue weighted by Gasteiger charge is -2.09. The van der Waals surface area contributed by atoms with E-state index in [9.17, 15) is 4.79 Å². The lowest BCUT2D eigenvalue weighted by molar-refractivity contribution is 0.0982. The second-order valence-electron chi connectivity index (χ2n) is 4.62. The topological polar surface area (TPSA) is 17.1 Å². The zero-order valence-corrected chi connectivity index (χ0v) is 10.8. The van der Waals surface area contributed by atoms with E-state index in [1.807, 2.05) is 11.8 Å². The highest BCUT2D eigenvalue weighted by molar-refractivity contribution is 7.99. The molecule has 1 aliphatic rings. The molecule has 0 radical (unpaired) electrons. The predicted molar refractivity (Wildman–Crippen MR) is 69.3 cm³/mol. The van der Waals surface area contributed by atoms with Gasteiger partial charge in [-0.05, 0) is 37.0 Å². The molecular formula is C14H18OS. The summed E-state index contributed by atoms with van der Waals surface area (Å²) in [5, 5.41) is 0.568. The molecule has 2 rings (SSSR count). The first kappa shape index (κ1) is 11.7. The largest absolute Gasteiger partial charge is 0.294 e. The quantitative estimate of drug-likeness (QED) is 0.566. The van der Waals surface area contributed by atoms with Gasteiger partial charge in [-0.2, -0.15) is 0 Å². The normalized spacial score (nSPS) is 16.1. The molecule has 0 bridgehead atoms. The van der Waals surface area contributed by atoms with Crippen molar-refractivity contribution < 1.29 is 4.79 Å². The lowest BCUT2D eigenvalue weighted by Crippen LogP contribution is -2.00. The molecule has 1 aromatic carbocycles. The van der Waals surface area contributed by atoms with Gasteiger partial charge in [0.1, 0.15) is 0 Å². The van der Waals surface area contributed by atoms with Crippen LogP contribution in [-0.2, 0) is 6.42 Å². The van der Waals surface area contributed by atoms with Crippen molar-refractivity contribution in [1.29, 1.82) is 0 Å². The SMILES string of the molecule is CC(C)Sc1ccc2c(c1)C(=O)CCCC2. The number of hydrogen-bond acceptors (Lipinski definition) is 2. The number of thioether (sulfide) groups is 1. The standard InChI is InChI=1S/C14H18OS/c1-10(2)16-12-8-7-11-5-3-4-6-14(15)13(11)9-12/h7-10H,3-6H2,1-2H3. The van der Waals surface area contributed by atoms with Crippen LogP contribution in [0.4, 0.5) is 0 Å². The minimum absolute atomic E-state index is 0.332. The number of benzene rings is 1. The van der Waals surface area contributed by atoms with Crippen LogP contribution in [0.2, 0.25) is 0 Å². The Balaban J connectivity index is 2.31. The molecule has 0 saturated carbocycles. The maximum Gasteiger partial charge on any atom is 0.163 e. The van der Waals surface area contributed by atoms with E-state index in [1.165, 1.54) is 10.5 Å². The Hall–Kier alpha value is -0.760. The van der Waals surface area contributed by atoms with Crippen LogP contribution < -0.4 is 0 Å². The molecule has 0 spiro atoms. The Morgan fingerprint density at radius 2 is 1.94 bits per heavy atom. The molecule has 0 fully saturated rings. The van der Waals surface area contributed by atoms with Crippen LogP contribution in [0.15, 0.2) is 23.1 Å². The number of aryl methyl sites for hydroxylation is 1.